The fraction of sp³-hybridized carbons (Fsp3) is 0.400. The molecule has 0 N–H and O–H groups in total. The predicted molar refractivity (Wildman–Crippen MR) is 55.2 cm³/mol. The monoisotopic (exact) mass is 250 g/mol. The Morgan fingerprint density at radius 2 is 1.77 bits per heavy atom. The zero-order chi connectivity index (χ0) is 10.4. The van der Waals surface area contributed by atoms with Gasteiger partial charge in [-0.05, 0) is 24.6 Å². The standard InChI is InChI=1S/C8H7BrF2.C2H6/c1-5-2-3-6(9)4-7(5)8(10)11;1-2/h2-4,8H,1H3;1-2H3. The topological polar surface area (TPSA) is 0 Å². The molecular formula is C10H13BrF2. The summed E-state index contributed by atoms with van der Waals surface area (Å²) in [6.45, 7) is 5.67. The lowest BCUT2D eigenvalue weighted by Crippen LogP contribution is -1.88. The number of benzene rings is 1. The van der Waals surface area contributed by atoms with Gasteiger partial charge in [-0.2, -0.15) is 0 Å². The third kappa shape index (κ3) is 3.85. The average Bonchev–Trinajstić information content (AvgIpc) is 2.12. The molecule has 1 rings (SSSR count). The minimum atomic E-state index is -2.38. The second kappa shape index (κ2) is 6.08. The van der Waals surface area contributed by atoms with Crippen LogP contribution in [0.3, 0.4) is 0 Å². The fourth-order valence-corrected chi connectivity index (χ4v) is 1.23. The van der Waals surface area contributed by atoms with E-state index in [0.29, 0.717) is 10.0 Å². The molecule has 0 aliphatic rings. The van der Waals surface area contributed by atoms with Gasteiger partial charge in [-0.3, -0.25) is 0 Å². The largest absolute Gasteiger partial charge is 0.264 e. The molecule has 0 aromatic heterocycles. The van der Waals surface area contributed by atoms with Crippen molar-refractivity contribution in [1.82, 2.24) is 0 Å². The van der Waals surface area contributed by atoms with Crippen LogP contribution in [0.2, 0.25) is 0 Å². The lowest BCUT2D eigenvalue weighted by molar-refractivity contribution is 0.150. The maximum absolute atomic E-state index is 12.2. The van der Waals surface area contributed by atoms with Gasteiger partial charge in [-0.15, -0.1) is 0 Å². The maximum Gasteiger partial charge on any atom is 0.264 e. The first-order valence-electron chi connectivity index (χ1n) is 4.15. The first-order valence-corrected chi connectivity index (χ1v) is 4.95. The molecule has 0 saturated carbocycles. The van der Waals surface area contributed by atoms with Crippen molar-refractivity contribution in [2.75, 3.05) is 0 Å². The molecule has 0 fully saturated rings. The van der Waals surface area contributed by atoms with Crippen LogP contribution in [-0.4, -0.2) is 0 Å². The lowest BCUT2D eigenvalue weighted by Gasteiger charge is -2.03. The van der Waals surface area contributed by atoms with Crippen molar-refractivity contribution < 1.29 is 8.78 Å². The average molecular weight is 251 g/mol. The summed E-state index contributed by atoms with van der Waals surface area (Å²) in [5, 5.41) is 0. The van der Waals surface area contributed by atoms with E-state index < -0.39 is 6.43 Å². The first kappa shape index (κ1) is 12.6. The van der Waals surface area contributed by atoms with E-state index >= 15 is 0 Å². The Bertz CT molecular complexity index is 259. The Hall–Kier alpha value is -0.440. The normalized spacial score (nSPS) is 9.46. The Morgan fingerprint density at radius 1 is 1.23 bits per heavy atom. The number of hydrogen-bond donors (Lipinski definition) is 0. The summed E-state index contributed by atoms with van der Waals surface area (Å²) < 4.78 is 25.1. The van der Waals surface area contributed by atoms with E-state index in [2.05, 4.69) is 15.9 Å². The molecule has 1 aromatic carbocycles. The van der Waals surface area contributed by atoms with Crippen LogP contribution >= 0.6 is 15.9 Å². The summed E-state index contributed by atoms with van der Waals surface area (Å²) in [6.07, 6.45) is -2.38. The van der Waals surface area contributed by atoms with Crippen LogP contribution in [0.4, 0.5) is 8.78 Å². The van der Waals surface area contributed by atoms with Gasteiger partial charge in [-0.25, -0.2) is 8.78 Å². The molecule has 3 heteroatoms. The molecule has 0 unspecified atom stereocenters. The van der Waals surface area contributed by atoms with Gasteiger partial charge in [0, 0.05) is 10.0 Å². The highest BCUT2D eigenvalue weighted by molar-refractivity contribution is 9.10. The minimum Gasteiger partial charge on any atom is -0.205 e. The van der Waals surface area contributed by atoms with Crippen LogP contribution in [0.15, 0.2) is 22.7 Å². The van der Waals surface area contributed by atoms with Gasteiger partial charge in [0.2, 0.25) is 0 Å². The van der Waals surface area contributed by atoms with E-state index in [4.69, 9.17) is 0 Å². The van der Waals surface area contributed by atoms with Crippen LogP contribution in [-0.2, 0) is 0 Å². The second-order valence-corrected chi connectivity index (χ2v) is 3.22. The quantitative estimate of drug-likeness (QED) is 0.677. The van der Waals surface area contributed by atoms with E-state index in [1.165, 1.54) is 6.07 Å². The van der Waals surface area contributed by atoms with Crippen LogP contribution in [0.1, 0.15) is 31.4 Å². The van der Waals surface area contributed by atoms with Crippen molar-refractivity contribution >= 4 is 15.9 Å². The van der Waals surface area contributed by atoms with E-state index in [9.17, 15) is 8.78 Å². The highest BCUT2D eigenvalue weighted by atomic mass is 79.9. The molecule has 0 aliphatic heterocycles. The molecule has 0 saturated heterocycles. The zero-order valence-electron chi connectivity index (χ0n) is 7.94. The Labute approximate surface area is 86.1 Å². The van der Waals surface area contributed by atoms with E-state index in [0.717, 1.165) is 0 Å². The Balaban J connectivity index is 0.000000671. The summed E-state index contributed by atoms with van der Waals surface area (Å²) in [5.41, 5.74) is 0.725. The summed E-state index contributed by atoms with van der Waals surface area (Å²) in [7, 11) is 0. The number of halogens is 3. The van der Waals surface area contributed by atoms with Crippen molar-refractivity contribution in [2.24, 2.45) is 0 Å². The molecule has 74 valence electrons. The molecule has 1 aromatic rings. The predicted octanol–water partition coefficient (Wildman–Crippen LogP) is 4.72. The van der Waals surface area contributed by atoms with Crippen molar-refractivity contribution in [2.45, 2.75) is 27.2 Å². The SMILES string of the molecule is CC.Cc1ccc(Br)cc1C(F)F. The third-order valence-electron chi connectivity index (χ3n) is 1.48. The molecular weight excluding hydrogens is 238 g/mol. The molecule has 0 aliphatic carbocycles. The van der Waals surface area contributed by atoms with Crippen molar-refractivity contribution in [1.29, 1.82) is 0 Å². The molecule has 0 spiro atoms. The molecule has 0 bridgehead atoms. The third-order valence-corrected chi connectivity index (χ3v) is 1.97. The zero-order valence-corrected chi connectivity index (χ0v) is 9.53. The Kier molecular flexibility index (Phi) is 5.88. The van der Waals surface area contributed by atoms with Gasteiger partial charge < -0.3 is 0 Å². The fourth-order valence-electron chi connectivity index (χ4n) is 0.846. The summed E-state index contributed by atoms with van der Waals surface area (Å²) >= 11 is 3.13. The number of rotatable bonds is 1. The van der Waals surface area contributed by atoms with Crippen LogP contribution in [0, 0.1) is 6.92 Å². The van der Waals surface area contributed by atoms with Gasteiger partial charge in [0.1, 0.15) is 0 Å². The van der Waals surface area contributed by atoms with Gasteiger partial charge in [0.15, 0.2) is 0 Å². The highest BCUT2D eigenvalue weighted by Gasteiger charge is 2.09. The number of aryl methyl sites for hydroxylation is 1. The number of alkyl halides is 2. The molecule has 0 radical (unpaired) electrons. The molecule has 0 atom stereocenters. The summed E-state index contributed by atoms with van der Waals surface area (Å²) in [5.74, 6) is 0. The maximum atomic E-state index is 12.2. The smallest absolute Gasteiger partial charge is 0.205 e. The van der Waals surface area contributed by atoms with Gasteiger partial charge in [0.25, 0.3) is 6.43 Å². The van der Waals surface area contributed by atoms with Crippen molar-refractivity contribution in [3.8, 4) is 0 Å². The summed E-state index contributed by atoms with van der Waals surface area (Å²) in [6, 6.07) is 4.87. The van der Waals surface area contributed by atoms with E-state index in [1.54, 1.807) is 19.1 Å². The van der Waals surface area contributed by atoms with Gasteiger partial charge in [0.05, 0.1) is 0 Å². The van der Waals surface area contributed by atoms with E-state index in [-0.39, 0.29) is 5.56 Å². The first-order chi connectivity index (χ1) is 6.11. The van der Waals surface area contributed by atoms with Crippen molar-refractivity contribution in [3.05, 3.63) is 33.8 Å². The molecule has 0 nitrogen and oxygen atoms in total. The van der Waals surface area contributed by atoms with Crippen LogP contribution < -0.4 is 0 Å². The lowest BCUT2D eigenvalue weighted by atomic mass is 10.1. The van der Waals surface area contributed by atoms with Gasteiger partial charge >= 0.3 is 0 Å². The molecule has 0 heterocycles. The van der Waals surface area contributed by atoms with E-state index in [1.807, 2.05) is 13.8 Å². The second-order valence-electron chi connectivity index (χ2n) is 2.30. The molecule has 13 heavy (non-hydrogen) atoms. The summed E-state index contributed by atoms with van der Waals surface area (Å²) in [4.78, 5) is 0. The van der Waals surface area contributed by atoms with Gasteiger partial charge in [-0.1, -0.05) is 35.8 Å². The van der Waals surface area contributed by atoms with Crippen LogP contribution in [0.25, 0.3) is 0 Å². The van der Waals surface area contributed by atoms with Crippen molar-refractivity contribution in [3.63, 3.8) is 0 Å². The number of hydrogen-bond acceptors (Lipinski definition) is 0. The van der Waals surface area contributed by atoms with Crippen LogP contribution in [0.5, 0.6) is 0 Å². The Morgan fingerprint density at radius 3 is 2.15 bits per heavy atom. The molecule has 0 amide bonds. The minimum absolute atomic E-state index is 0.0966. The highest BCUT2D eigenvalue weighted by Crippen LogP contribution is 2.25.